The summed E-state index contributed by atoms with van der Waals surface area (Å²) in [4.78, 5) is 17.6. The molecule has 1 aliphatic rings. The Balaban J connectivity index is 1.80. The number of rotatable bonds is 3. The molecule has 0 saturated heterocycles. The average molecular weight is 286 g/mol. The number of H-pyrrole nitrogens is 1. The van der Waals surface area contributed by atoms with Crippen molar-refractivity contribution in [1.82, 2.24) is 9.88 Å². The molecule has 0 aliphatic carbocycles. The third kappa shape index (κ3) is 2.81. The lowest BCUT2D eigenvalue weighted by molar-refractivity contribution is -0.132. The molecule has 112 valence electrons. The van der Waals surface area contributed by atoms with Crippen LogP contribution in [0.5, 0.6) is 0 Å². The van der Waals surface area contributed by atoms with Gasteiger partial charge in [-0.1, -0.05) is 11.6 Å². The minimum atomic E-state index is 0.197. The Morgan fingerprint density at radius 2 is 2.14 bits per heavy atom. The number of ether oxygens (including phenoxy) is 1. The first-order valence-electron chi connectivity index (χ1n) is 7.56. The normalized spacial score (nSPS) is 15.0. The number of hydrogen-bond donors (Lipinski definition) is 1. The van der Waals surface area contributed by atoms with Crippen LogP contribution in [-0.2, 0) is 22.4 Å². The largest absolute Gasteiger partial charge is 0.384 e. The molecule has 2 aromatic rings. The van der Waals surface area contributed by atoms with Gasteiger partial charge >= 0.3 is 0 Å². The Labute approximate surface area is 125 Å². The minimum Gasteiger partial charge on any atom is -0.384 e. The van der Waals surface area contributed by atoms with Crippen molar-refractivity contribution in [1.29, 1.82) is 0 Å². The van der Waals surface area contributed by atoms with E-state index in [4.69, 9.17) is 4.74 Å². The van der Waals surface area contributed by atoms with Gasteiger partial charge in [-0.25, -0.2) is 0 Å². The second kappa shape index (κ2) is 5.90. The summed E-state index contributed by atoms with van der Waals surface area (Å²) in [6, 6.07) is 6.53. The van der Waals surface area contributed by atoms with Gasteiger partial charge in [-0.05, 0) is 31.0 Å². The van der Waals surface area contributed by atoms with Gasteiger partial charge in [0.25, 0.3) is 0 Å². The van der Waals surface area contributed by atoms with Crippen LogP contribution < -0.4 is 0 Å². The van der Waals surface area contributed by atoms with E-state index in [1.807, 2.05) is 4.90 Å². The Morgan fingerprint density at radius 1 is 1.33 bits per heavy atom. The summed E-state index contributed by atoms with van der Waals surface area (Å²) in [6.07, 6.45) is 2.31. The topological polar surface area (TPSA) is 45.3 Å². The fourth-order valence-electron chi connectivity index (χ4n) is 3.12. The average Bonchev–Trinajstić information content (AvgIpc) is 2.68. The zero-order valence-electron chi connectivity index (χ0n) is 12.7. The van der Waals surface area contributed by atoms with E-state index in [2.05, 4.69) is 30.1 Å². The van der Waals surface area contributed by atoms with E-state index in [1.54, 1.807) is 7.11 Å². The number of nitrogens with one attached hydrogen (secondary N) is 1. The molecule has 0 atom stereocenters. The number of aromatic amines is 1. The Morgan fingerprint density at radius 3 is 2.95 bits per heavy atom. The highest BCUT2D eigenvalue weighted by atomic mass is 16.5. The molecule has 2 heterocycles. The molecular formula is C17H22N2O2. The van der Waals surface area contributed by atoms with Gasteiger partial charge in [-0.15, -0.1) is 0 Å². The third-order valence-corrected chi connectivity index (χ3v) is 4.29. The highest BCUT2D eigenvalue weighted by Crippen LogP contribution is 2.26. The second-order valence-corrected chi connectivity index (χ2v) is 5.75. The quantitative estimate of drug-likeness (QED) is 0.942. The molecule has 0 bridgehead atoms. The lowest BCUT2D eigenvalue weighted by Gasteiger charge is -2.20. The molecule has 1 N–H and O–H groups in total. The molecule has 1 aliphatic heterocycles. The second-order valence-electron chi connectivity index (χ2n) is 5.75. The van der Waals surface area contributed by atoms with E-state index < -0.39 is 0 Å². The zero-order valence-corrected chi connectivity index (χ0v) is 12.7. The number of nitrogens with zero attached hydrogens (tertiary/aromatic N) is 1. The van der Waals surface area contributed by atoms with Gasteiger partial charge in [0.05, 0.1) is 13.0 Å². The predicted molar refractivity (Wildman–Crippen MR) is 83.5 cm³/mol. The van der Waals surface area contributed by atoms with Crippen LogP contribution in [0, 0.1) is 6.92 Å². The van der Waals surface area contributed by atoms with E-state index in [0.29, 0.717) is 13.0 Å². The number of aromatic nitrogens is 1. The maximum absolute atomic E-state index is 12.1. The number of benzene rings is 1. The van der Waals surface area contributed by atoms with Crippen molar-refractivity contribution in [2.24, 2.45) is 0 Å². The van der Waals surface area contributed by atoms with Crippen LogP contribution in [0.2, 0.25) is 0 Å². The van der Waals surface area contributed by atoms with Crippen LogP contribution in [0.4, 0.5) is 0 Å². The molecule has 0 spiro atoms. The highest BCUT2D eigenvalue weighted by Gasteiger charge is 2.21. The molecule has 4 nitrogen and oxygen atoms in total. The number of amides is 1. The number of hydrogen-bond acceptors (Lipinski definition) is 2. The van der Waals surface area contributed by atoms with Crippen molar-refractivity contribution in [3.63, 3.8) is 0 Å². The molecular weight excluding hydrogens is 264 g/mol. The molecule has 0 saturated carbocycles. The lowest BCUT2D eigenvalue weighted by Crippen LogP contribution is -2.33. The van der Waals surface area contributed by atoms with Crippen LogP contribution >= 0.6 is 0 Å². The van der Waals surface area contributed by atoms with E-state index >= 15 is 0 Å². The number of aryl methyl sites for hydroxylation is 1. The van der Waals surface area contributed by atoms with Crippen LogP contribution in [0.3, 0.4) is 0 Å². The summed E-state index contributed by atoms with van der Waals surface area (Å²) < 4.78 is 5.00. The van der Waals surface area contributed by atoms with E-state index in [1.165, 1.54) is 27.7 Å². The molecule has 0 fully saturated rings. The zero-order chi connectivity index (χ0) is 14.8. The monoisotopic (exact) mass is 286 g/mol. The van der Waals surface area contributed by atoms with E-state index in [9.17, 15) is 4.79 Å². The maximum Gasteiger partial charge on any atom is 0.224 e. The lowest BCUT2D eigenvalue weighted by atomic mass is 10.1. The molecule has 21 heavy (non-hydrogen) atoms. The summed E-state index contributed by atoms with van der Waals surface area (Å²) in [5, 5.41) is 1.32. The summed E-state index contributed by atoms with van der Waals surface area (Å²) in [5.74, 6) is 0.197. The number of methoxy groups -OCH3 is 1. The van der Waals surface area contributed by atoms with Crippen molar-refractivity contribution in [3.8, 4) is 0 Å². The maximum atomic E-state index is 12.1. The fraction of sp³-hybridized carbons (Fsp3) is 0.471. The molecule has 1 aromatic heterocycles. The van der Waals surface area contributed by atoms with Gasteiger partial charge in [0, 0.05) is 43.2 Å². The number of carbonyl (C=O) groups is 1. The first-order chi connectivity index (χ1) is 10.2. The van der Waals surface area contributed by atoms with Crippen LogP contribution in [0.25, 0.3) is 10.9 Å². The summed E-state index contributed by atoms with van der Waals surface area (Å²) >= 11 is 0. The summed E-state index contributed by atoms with van der Waals surface area (Å²) in [6.45, 7) is 4.22. The fourth-order valence-corrected chi connectivity index (χ4v) is 3.12. The molecule has 4 heteroatoms. The standard InChI is InChI=1S/C17H22N2O2/c1-12-3-4-15-14(11-12)13-5-8-19(9-6-16(13)18-15)17(20)7-10-21-2/h3-4,11,18H,5-10H2,1-2H3. The van der Waals surface area contributed by atoms with Crippen molar-refractivity contribution < 1.29 is 9.53 Å². The van der Waals surface area contributed by atoms with Gasteiger partial charge < -0.3 is 14.6 Å². The van der Waals surface area contributed by atoms with Crippen molar-refractivity contribution in [2.75, 3.05) is 26.8 Å². The van der Waals surface area contributed by atoms with Crippen molar-refractivity contribution in [3.05, 3.63) is 35.0 Å². The molecule has 0 unspecified atom stereocenters. The Hall–Kier alpha value is -1.81. The number of carbonyl (C=O) groups excluding carboxylic acids is 1. The highest BCUT2D eigenvalue weighted by molar-refractivity contribution is 5.85. The smallest absolute Gasteiger partial charge is 0.224 e. The SMILES string of the molecule is COCCC(=O)N1CCc2[nH]c3ccc(C)cc3c2CC1. The van der Waals surface area contributed by atoms with Gasteiger partial charge in [-0.2, -0.15) is 0 Å². The Bertz CT molecular complexity index is 660. The van der Waals surface area contributed by atoms with Crippen molar-refractivity contribution >= 4 is 16.8 Å². The molecule has 3 rings (SSSR count). The predicted octanol–water partition coefficient (Wildman–Crippen LogP) is 2.44. The van der Waals surface area contributed by atoms with E-state index in [0.717, 1.165) is 25.9 Å². The number of fused-ring (bicyclic) bond motifs is 3. The summed E-state index contributed by atoms with van der Waals surface area (Å²) in [5.41, 5.74) is 5.17. The van der Waals surface area contributed by atoms with Gasteiger partial charge in [0.2, 0.25) is 5.91 Å². The summed E-state index contributed by atoms with van der Waals surface area (Å²) in [7, 11) is 1.63. The van der Waals surface area contributed by atoms with Gasteiger partial charge in [0.1, 0.15) is 0 Å². The van der Waals surface area contributed by atoms with E-state index in [-0.39, 0.29) is 5.91 Å². The van der Waals surface area contributed by atoms with Crippen molar-refractivity contribution in [2.45, 2.75) is 26.2 Å². The first-order valence-corrected chi connectivity index (χ1v) is 7.56. The minimum absolute atomic E-state index is 0.197. The van der Waals surface area contributed by atoms with Crippen LogP contribution in [0.1, 0.15) is 23.2 Å². The third-order valence-electron chi connectivity index (χ3n) is 4.29. The molecule has 1 aromatic carbocycles. The van der Waals surface area contributed by atoms with Gasteiger partial charge in [0.15, 0.2) is 0 Å². The van der Waals surface area contributed by atoms with Gasteiger partial charge in [-0.3, -0.25) is 4.79 Å². The molecule has 1 amide bonds. The molecule has 0 radical (unpaired) electrons. The Kier molecular flexibility index (Phi) is 3.97. The first kappa shape index (κ1) is 14.1. The van der Waals surface area contributed by atoms with Crippen LogP contribution in [-0.4, -0.2) is 42.6 Å². The van der Waals surface area contributed by atoms with Crippen LogP contribution in [0.15, 0.2) is 18.2 Å².